The van der Waals surface area contributed by atoms with Crippen LogP contribution in [0.15, 0.2) is 29.4 Å². The van der Waals surface area contributed by atoms with E-state index in [1.54, 1.807) is 31.4 Å². The molecule has 0 amide bonds. The number of nitrogens with zero attached hydrogens (tertiary/aromatic N) is 3. The molecule has 0 atom stereocenters. The van der Waals surface area contributed by atoms with Gasteiger partial charge in [0.05, 0.1) is 0 Å². The summed E-state index contributed by atoms with van der Waals surface area (Å²) in [5.74, 6) is 0.447. The van der Waals surface area contributed by atoms with Gasteiger partial charge in [0.15, 0.2) is 10.2 Å². The van der Waals surface area contributed by atoms with Crippen LogP contribution in [0.4, 0.5) is 0 Å². The van der Waals surface area contributed by atoms with E-state index in [0.29, 0.717) is 18.1 Å². The molecule has 0 spiro atoms. The largest absolute Gasteiger partial charge is 0.288 e. The molecule has 2 heterocycles. The predicted octanol–water partition coefficient (Wildman–Crippen LogP) is 2.80. The molecule has 5 nitrogen and oxygen atoms in total. The first-order valence-corrected chi connectivity index (χ1v) is 8.91. The van der Waals surface area contributed by atoms with Crippen molar-refractivity contribution in [3.8, 4) is 0 Å². The molecule has 3 rings (SSSR count). The molecule has 1 saturated carbocycles. The van der Waals surface area contributed by atoms with Crippen LogP contribution < -0.4 is 0 Å². The lowest BCUT2D eigenvalue weighted by atomic mass is 10.1. The zero-order valence-electron chi connectivity index (χ0n) is 11.9. The number of rotatable bonds is 4. The lowest BCUT2D eigenvalue weighted by molar-refractivity contribution is 0.386. The highest BCUT2D eigenvalue weighted by Gasteiger charge is 2.30. The first kappa shape index (κ1) is 14.8. The second kappa shape index (κ2) is 5.59. The zero-order valence-corrected chi connectivity index (χ0v) is 13.4. The summed E-state index contributed by atoms with van der Waals surface area (Å²) in [6.45, 7) is 0.540. The van der Waals surface area contributed by atoms with Gasteiger partial charge in [-0.3, -0.25) is 4.40 Å². The van der Waals surface area contributed by atoms with Crippen molar-refractivity contribution in [3.63, 3.8) is 0 Å². The van der Waals surface area contributed by atoms with Crippen molar-refractivity contribution in [1.82, 2.24) is 13.7 Å². The third kappa shape index (κ3) is 2.67. The molecule has 0 N–H and O–H groups in total. The number of halogens is 1. The van der Waals surface area contributed by atoms with Crippen molar-refractivity contribution >= 4 is 27.3 Å². The van der Waals surface area contributed by atoms with Gasteiger partial charge >= 0.3 is 0 Å². The van der Waals surface area contributed by atoms with Crippen molar-refractivity contribution in [1.29, 1.82) is 0 Å². The van der Waals surface area contributed by atoms with Crippen LogP contribution in [0.25, 0.3) is 5.65 Å². The SMILES string of the molecule is CN(CC1CCCC1)S(=O)(=O)c1c(Cl)nc2ccccn12. The van der Waals surface area contributed by atoms with Crippen molar-refractivity contribution in [2.75, 3.05) is 13.6 Å². The van der Waals surface area contributed by atoms with E-state index in [2.05, 4.69) is 4.98 Å². The van der Waals surface area contributed by atoms with Crippen LogP contribution in [-0.4, -0.2) is 35.7 Å². The molecule has 2 aromatic heterocycles. The van der Waals surface area contributed by atoms with E-state index in [9.17, 15) is 8.42 Å². The minimum absolute atomic E-state index is 0.0273. The minimum Gasteiger partial charge on any atom is -0.288 e. The Morgan fingerprint density at radius 1 is 1.38 bits per heavy atom. The Morgan fingerprint density at radius 3 is 2.81 bits per heavy atom. The van der Waals surface area contributed by atoms with Crippen LogP contribution in [-0.2, 0) is 10.0 Å². The fourth-order valence-electron chi connectivity index (χ4n) is 2.98. The summed E-state index contributed by atoms with van der Waals surface area (Å²) < 4.78 is 28.5. The average molecular weight is 328 g/mol. The predicted molar refractivity (Wildman–Crippen MR) is 82.0 cm³/mol. The lowest BCUT2D eigenvalue weighted by Crippen LogP contribution is -2.32. The number of imidazole rings is 1. The van der Waals surface area contributed by atoms with Crippen LogP contribution >= 0.6 is 11.6 Å². The van der Waals surface area contributed by atoms with Gasteiger partial charge in [0.2, 0.25) is 0 Å². The third-order valence-corrected chi connectivity index (χ3v) is 6.32. The molecular weight excluding hydrogens is 310 g/mol. The maximum atomic E-state index is 12.8. The fourth-order valence-corrected chi connectivity index (χ4v) is 4.81. The maximum Gasteiger partial charge on any atom is 0.262 e. The van der Waals surface area contributed by atoms with Gasteiger partial charge in [-0.25, -0.2) is 13.4 Å². The molecule has 0 aromatic carbocycles. The number of sulfonamides is 1. The van der Waals surface area contributed by atoms with Crippen molar-refractivity contribution < 1.29 is 8.42 Å². The number of fused-ring (bicyclic) bond motifs is 1. The second-order valence-corrected chi connectivity index (χ2v) is 7.89. The molecule has 0 bridgehead atoms. The van der Waals surface area contributed by atoms with Gasteiger partial charge in [-0.1, -0.05) is 30.5 Å². The van der Waals surface area contributed by atoms with Crippen molar-refractivity contribution in [2.45, 2.75) is 30.7 Å². The topological polar surface area (TPSA) is 54.7 Å². The van der Waals surface area contributed by atoms with Crippen LogP contribution in [0.5, 0.6) is 0 Å². The van der Waals surface area contributed by atoms with E-state index >= 15 is 0 Å². The highest BCUT2D eigenvalue weighted by molar-refractivity contribution is 7.89. The molecule has 0 radical (unpaired) electrons. The number of pyridine rings is 1. The molecular formula is C14H18ClN3O2S. The molecule has 0 aliphatic heterocycles. The number of aromatic nitrogens is 2. The van der Waals surface area contributed by atoms with Crippen LogP contribution in [0.3, 0.4) is 0 Å². The van der Waals surface area contributed by atoms with Gasteiger partial charge in [-0.05, 0) is 30.9 Å². The van der Waals surface area contributed by atoms with E-state index in [4.69, 9.17) is 11.6 Å². The molecule has 0 saturated heterocycles. The summed E-state index contributed by atoms with van der Waals surface area (Å²) in [4.78, 5) is 4.12. The Balaban J connectivity index is 1.97. The summed E-state index contributed by atoms with van der Waals surface area (Å²) in [5.41, 5.74) is 0.537. The Bertz CT molecular complexity index is 751. The van der Waals surface area contributed by atoms with Gasteiger partial charge in [-0.2, -0.15) is 4.31 Å². The molecule has 2 aromatic rings. The van der Waals surface area contributed by atoms with Gasteiger partial charge in [0.1, 0.15) is 5.65 Å². The summed E-state index contributed by atoms with van der Waals surface area (Å²) >= 11 is 6.08. The number of hydrogen-bond donors (Lipinski definition) is 0. The normalized spacial score (nSPS) is 17.1. The highest BCUT2D eigenvalue weighted by atomic mass is 35.5. The van der Waals surface area contributed by atoms with Crippen molar-refractivity contribution in [2.24, 2.45) is 5.92 Å². The lowest BCUT2D eigenvalue weighted by Gasteiger charge is -2.20. The standard InChI is InChI=1S/C14H18ClN3O2S/c1-17(10-11-6-2-3-7-11)21(19,20)14-13(15)16-12-8-4-5-9-18(12)14/h4-5,8-9,11H,2-3,6-7,10H2,1H3. The van der Waals surface area contributed by atoms with E-state index in [1.165, 1.54) is 21.5 Å². The maximum absolute atomic E-state index is 12.8. The van der Waals surface area contributed by atoms with E-state index < -0.39 is 10.0 Å². The quantitative estimate of drug-likeness (QED) is 0.867. The second-order valence-electron chi connectivity index (χ2n) is 5.57. The smallest absolute Gasteiger partial charge is 0.262 e. The van der Waals surface area contributed by atoms with Gasteiger partial charge in [0, 0.05) is 19.8 Å². The third-order valence-electron chi connectivity index (χ3n) is 4.09. The van der Waals surface area contributed by atoms with Gasteiger partial charge in [-0.15, -0.1) is 0 Å². The Hall–Kier alpha value is -1.11. The molecule has 0 unspecified atom stereocenters. The summed E-state index contributed by atoms with van der Waals surface area (Å²) in [5, 5.41) is 0.0831. The molecule has 114 valence electrons. The van der Waals surface area contributed by atoms with Crippen LogP contribution in [0, 0.1) is 5.92 Å². The van der Waals surface area contributed by atoms with E-state index in [0.717, 1.165) is 12.8 Å². The summed E-state index contributed by atoms with van der Waals surface area (Å²) in [7, 11) is -2.02. The fraction of sp³-hybridized carbons (Fsp3) is 0.500. The van der Waals surface area contributed by atoms with E-state index in [1.807, 2.05) is 0 Å². The first-order valence-electron chi connectivity index (χ1n) is 7.09. The Morgan fingerprint density at radius 2 is 2.10 bits per heavy atom. The van der Waals surface area contributed by atoms with Crippen LogP contribution in [0.2, 0.25) is 5.15 Å². The van der Waals surface area contributed by atoms with E-state index in [-0.39, 0.29) is 10.2 Å². The average Bonchev–Trinajstić information content (AvgIpc) is 3.04. The monoisotopic (exact) mass is 327 g/mol. The number of hydrogen-bond acceptors (Lipinski definition) is 3. The molecule has 21 heavy (non-hydrogen) atoms. The van der Waals surface area contributed by atoms with Crippen molar-refractivity contribution in [3.05, 3.63) is 29.5 Å². The summed E-state index contributed by atoms with van der Waals surface area (Å²) in [6.07, 6.45) is 6.25. The molecule has 1 fully saturated rings. The Labute approximate surface area is 129 Å². The highest BCUT2D eigenvalue weighted by Crippen LogP contribution is 2.29. The molecule has 7 heteroatoms. The minimum atomic E-state index is -3.64. The summed E-state index contributed by atoms with van der Waals surface area (Å²) in [6, 6.07) is 5.31. The van der Waals surface area contributed by atoms with Crippen LogP contribution in [0.1, 0.15) is 25.7 Å². The van der Waals surface area contributed by atoms with Gasteiger partial charge < -0.3 is 0 Å². The van der Waals surface area contributed by atoms with Gasteiger partial charge in [0.25, 0.3) is 10.0 Å². The zero-order chi connectivity index (χ0) is 15.0. The Kier molecular flexibility index (Phi) is 3.94. The molecule has 1 aliphatic rings. The molecule has 1 aliphatic carbocycles. The first-order chi connectivity index (χ1) is 10.00.